The van der Waals surface area contributed by atoms with Crippen molar-refractivity contribution in [2.45, 2.75) is 6.92 Å². The van der Waals surface area contributed by atoms with Gasteiger partial charge in [0.2, 0.25) is 0 Å². The molecule has 0 saturated carbocycles. The van der Waals surface area contributed by atoms with Gasteiger partial charge in [0, 0.05) is 32.7 Å². The Balaban J connectivity index is -0.0000000200. The second kappa shape index (κ2) is 22.0. The average molecular weight is 150 g/mol. The van der Waals surface area contributed by atoms with Gasteiger partial charge in [-0.15, -0.1) is 0 Å². The Morgan fingerprint density at radius 1 is 1.60 bits per heavy atom. The van der Waals surface area contributed by atoms with Crippen molar-refractivity contribution in [2.24, 2.45) is 0 Å². The molecule has 0 atom stereocenters. The van der Waals surface area contributed by atoms with E-state index < -0.39 is 0 Å². The largest absolute Gasteiger partial charge is 0.542 e. The fraction of sp³-hybridized carbons (Fsp3) is 0.500. The first-order valence-corrected chi connectivity index (χ1v) is 0.704. The minimum atomic E-state index is 0. The molecule has 2 N–H and O–H groups in total. The van der Waals surface area contributed by atoms with E-state index in [9.17, 15) is 0 Å². The minimum Gasteiger partial charge on any atom is -0.542 e. The molecule has 0 fully saturated rings. The molecule has 0 aliphatic rings. The Morgan fingerprint density at radius 3 is 1.60 bits per heavy atom. The zero-order valence-electron chi connectivity index (χ0n) is 2.99. The summed E-state index contributed by atoms with van der Waals surface area (Å²) in [6.45, 7) is 1.32. The second-order valence-corrected chi connectivity index (χ2v) is 0.204. The fourth-order valence-electron chi connectivity index (χ4n) is 0. The van der Waals surface area contributed by atoms with Gasteiger partial charge >= 0.3 is 0 Å². The summed E-state index contributed by atoms with van der Waals surface area (Å²) in [5.74, 6) is 0. The summed E-state index contributed by atoms with van der Waals surface area (Å²) < 4.78 is 0. The predicted molar refractivity (Wildman–Crippen MR) is 15.0 cm³/mol. The molecule has 0 spiro atoms. The molecule has 0 aromatic rings. The fourth-order valence-corrected chi connectivity index (χ4v) is 0. The Morgan fingerprint density at radius 2 is 1.60 bits per heavy atom. The Kier molecular flexibility index (Phi) is 75.5. The summed E-state index contributed by atoms with van der Waals surface area (Å²) in [5, 5.41) is 0. The molecule has 2 nitrogen and oxygen atoms in total. The summed E-state index contributed by atoms with van der Waals surface area (Å²) in [4.78, 5) is 8.68. The van der Waals surface area contributed by atoms with E-state index in [0.29, 0.717) is 0 Å². The predicted octanol–water partition coefficient (Wildman–Crippen LogP) is -0.711. The summed E-state index contributed by atoms with van der Waals surface area (Å²) >= 11 is 0. The van der Waals surface area contributed by atoms with Crippen LogP contribution in [0.2, 0.25) is 0 Å². The van der Waals surface area contributed by atoms with Gasteiger partial charge in [0.15, 0.2) is 0 Å². The van der Waals surface area contributed by atoms with Crippen LogP contribution < -0.4 is 0 Å². The summed E-state index contributed by atoms with van der Waals surface area (Å²) in [6.07, 6.45) is 1.50. The minimum absolute atomic E-state index is 0. The van der Waals surface area contributed by atoms with Crippen molar-refractivity contribution >= 4 is 6.29 Å². The molecule has 0 aliphatic heterocycles. The standard InChI is InChI=1S/C2H3O.H2O.Y/c1-2-3;;/h1H3;1H2;/q-1;;. The molecule has 0 heterocycles. The van der Waals surface area contributed by atoms with E-state index >= 15 is 0 Å². The first-order valence-electron chi connectivity index (χ1n) is 0.704. The van der Waals surface area contributed by atoms with Crippen LogP contribution in [0.4, 0.5) is 0 Å². The van der Waals surface area contributed by atoms with E-state index in [2.05, 4.69) is 0 Å². The zero-order valence-corrected chi connectivity index (χ0v) is 5.82. The van der Waals surface area contributed by atoms with Gasteiger partial charge in [0.1, 0.15) is 0 Å². The van der Waals surface area contributed by atoms with E-state index in [0.717, 1.165) is 0 Å². The van der Waals surface area contributed by atoms with E-state index in [1.165, 1.54) is 13.2 Å². The van der Waals surface area contributed by atoms with Crippen molar-refractivity contribution in [3.63, 3.8) is 0 Å². The van der Waals surface area contributed by atoms with Gasteiger partial charge in [0.05, 0.1) is 0 Å². The third kappa shape index (κ3) is 65.7. The van der Waals surface area contributed by atoms with Crippen molar-refractivity contribution in [3.8, 4) is 0 Å². The van der Waals surface area contributed by atoms with Gasteiger partial charge in [-0.05, 0) is 0 Å². The molecule has 29 valence electrons. The molecular weight excluding hydrogens is 145 g/mol. The Labute approximate surface area is 56.1 Å². The number of hydrogen-bond donors (Lipinski definition) is 0. The van der Waals surface area contributed by atoms with Gasteiger partial charge < -0.3 is 10.3 Å². The molecule has 0 aromatic carbocycles. The van der Waals surface area contributed by atoms with Crippen LogP contribution in [0.3, 0.4) is 0 Å². The number of hydrogen-bond acceptors (Lipinski definition) is 1. The maximum absolute atomic E-state index is 8.68. The number of rotatable bonds is 0. The molecule has 5 heavy (non-hydrogen) atoms. The topological polar surface area (TPSA) is 48.6 Å². The molecule has 0 saturated heterocycles. The van der Waals surface area contributed by atoms with Gasteiger partial charge in [0.25, 0.3) is 0 Å². The SMILES string of the molecule is C[C-]=O.O.[Y]. The van der Waals surface area contributed by atoms with Crippen LogP contribution in [0.1, 0.15) is 6.92 Å². The molecule has 0 aliphatic carbocycles. The third-order valence-electron chi connectivity index (χ3n) is 0. The monoisotopic (exact) mass is 150 g/mol. The van der Waals surface area contributed by atoms with Gasteiger partial charge in [-0.25, -0.2) is 0 Å². The summed E-state index contributed by atoms with van der Waals surface area (Å²) in [7, 11) is 0. The van der Waals surface area contributed by atoms with Crippen molar-refractivity contribution in [1.82, 2.24) is 0 Å². The molecular formula is C2H5O2Y-. The van der Waals surface area contributed by atoms with Gasteiger partial charge in [-0.2, -0.15) is 6.92 Å². The van der Waals surface area contributed by atoms with Crippen molar-refractivity contribution in [3.05, 3.63) is 0 Å². The molecule has 0 rings (SSSR count). The van der Waals surface area contributed by atoms with Gasteiger partial charge in [-0.3, -0.25) is 6.29 Å². The zero-order chi connectivity index (χ0) is 2.71. The molecule has 0 aromatic heterocycles. The second-order valence-electron chi connectivity index (χ2n) is 0.204. The average Bonchev–Trinajstić information content (AvgIpc) is 0.918. The van der Waals surface area contributed by atoms with Crippen LogP contribution in [0.25, 0.3) is 0 Å². The van der Waals surface area contributed by atoms with Crippen molar-refractivity contribution in [1.29, 1.82) is 0 Å². The smallest absolute Gasteiger partial charge is 0 e. The van der Waals surface area contributed by atoms with Crippen molar-refractivity contribution < 1.29 is 43.0 Å². The van der Waals surface area contributed by atoms with E-state index in [4.69, 9.17) is 4.79 Å². The summed E-state index contributed by atoms with van der Waals surface area (Å²) in [5.41, 5.74) is 0. The van der Waals surface area contributed by atoms with Crippen LogP contribution in [-0.2, 0) is 37.5 Å². The van der Waals surface area contributed by atoms with Crippen LogP contribution in [-0.4, -0.2) is 11.8 Å². The molecule has 0 bridgehead atoms. The van der Waals surface area contributed by atoms with Crippen LogP contribution in [0.15, 0.2) is 0 Å². The van der Waals surface area contributed by atoms with E-state index in [1.807, 2.05) is 0 Å². The van der Waals surface area contributed by atoms with E-state index in [1.54, 1.807) is 0 Å². The molecule has 0 amide bonds. The third-order valence-corrected chi connectivity index (χ3v) is 0. The summed E-state index contributed by atoms with van der Waals surface area (Å²) in [6, 6.07) is 0. The molecule has 3 heteroatoms. The van der Waals surface area contributed by atoms with Crippen LogP contribution >= 0.6 is 0 Å². The maximum atomic E-state index is 8.68. The Hall–Kier alpha value is 0.734. The van der Waals surface area contributed by atoms with Crippen LogP contribution in [0, 0.1) is 0 Å². The molecule has 1 radical (unpaired) electrons. The van der Waals surface area contributed by atoms with E-state index in [-0.39, 0.29) is 38.2 Å². The maximum Gasteiger partial charge on any atom is 0 e. The van der Waals surface area contributed by atoms with Gasteiger partial charge in [-0.1, -0.05) is 0 Å². The van der Waals surface area contributed by atoms with Crippen molar-refractivity contribution in [2.75, 3.05) is 0 Å². The first kappa shape index (κ1) is 17.2. The first-order chi connectivity index (χ1) is 1.41. The molecule has 0 unspecified atom stereocenters. The number of carbonyl (C=O) groups excluding carboxylic acids is 1. The Bertz CT molecular complexity index is 15.1. The van der Waals surface area contributed by atoms with Crippen LogP contribution in [0.5, 0.6) is 0 Å². The quantitative estimate of drug-likeness (QED) is 0.420. The normalized spacial score (nSPS) is 2.60.